The van der Waals surface area contributed by atoms with E-state index < -0.39 is 10.0 Å². The number of hydrogen-bond donors (Lipinski definition) is 1. The lowest BCUT2D eigenvalue weighted by atomic mass is 10.2. The highest BCUT2D eigenvalue weighted by atomic mass is 32.2. The minimum absolute atomic E-state index is 0.00576. The zero-order valence-corrected chi connectivity index (χ0v) is 18.6. The van der Waals surface area contributed by atoms with Gasteiger partial charge >= 0.3 is 0 Å². The van der Waals surface area contributed by atoms with Crippen LogP contribution in [-0.4, -0.2) is 50.6 Å². The Balaban J connectivity index is 1.31. The van der Waals surface area contributed by atoms with E-state index in [0.717, 1.165) is 24.3 Å². The summed E-state index contributed by atoms with van der Waals surface area (Å²) in [4.78, 5) is 12.2. The molecule has 1 fully saturated rings. The van der Waals surface area contributed by atoms with Gasteiger partial charge < -0.3 is 10.1 Å². The van der Waals surface area contributed by atoms with Crippen molar-refractivity contribution in [1.82, 2.24) is 9.62 Å². The summed E-state index contributed by atoms with van der Waals surface area (Å²) >= 11 is 1.74. The van der Waals surface area contributed by atoms with E-state index in [2.05, 4.69) is 17.4 Å². The fourth-order valence-electron chi connectivity index (χ4n) is 3.16. The van der Waals surface area contributed by atoms with Gasteiger partial charge in [0.05, 0.1) is 11.4 Å². The number of nitrogens with zero attached hydrogens (tertiary/aromatic N) is 1. The first-order chi connectivity index (χ1) is 14.6. The molecule has 0 spiro atoms. The van der Waals surface area contributed by atoms with Crippen molar-refractivity contribution < 1.29 is 17.9 Å². The molecule has 0 saturated carbocycles. The lowest BCUT2D eigenvalue weighted by Gasteiger charge is -2.15. The number of carbonyl (C=O) groups is 1. The number of ether oxygens (including phenoxy) is 1. The highest BCUT2D eigenvalue weighted by Gasteiger charge is 2.26. The van der Waals surface area contributed by atoms with Crippen molar-refractivity contribution in [1.29, 1.82) is 0 Å². The first-order valence-corrected chi connectivity index (χ1v) is 12.8. The van der Waals surface area contributed by atoms with E-state index in [1.54, 1.807) is 36.0 Å². The number of benzene rings is 2. The maximum atomic E-state index is 12.5. The quantitative estimate of drug-likeness (QED) is 0.534. The molecule has 1 heterocycles. The number of rotatable bonds is 11. The van der Waals surface area contributed by atoms with Gasteiger partial charge in [-0.2, -0.15) is 16.1 Å². The Morgan fingerprint density at radius 3 is 2.43 bits per heavy atom. The Morgan fingerprint density at radius 2 is 1.73 bits per heavy atom. The minimum Gasteiger partial charge on any atom is -0.492 e. The molecule has 1 aliphatic heterocycles. The summed E-state index contributed by atoms with van der Waals surface area (Å²) < 4.78 is 32.1. The monoisotopic (exact) mass is 448 g/mol. The molecule has 0 aromatic heterocycles. The van der Waals surface area contributed by atoms with Crippen molar-refractivity contribution in [2.45, 2.75) is 29.9 Å². The van der Waals surface area contributed by atoms with Gasteiger partial charge in [0, 0.05) is 31.0 Å². The van der Waals surface area contributed by atoms with Gasteiger partial charge in [0.2, 0.25) is 15.9 Å². The molecule has 0 radical (unpaired) electrons. The van der Waals surface area contributed by atoms with E-state index in [9.17, 15) is 13.2 Å². The van der Waals surface area contributed by atoms with Gasteiger partial charge in [-0.25, -0.2) is 8.42 Å². The maximum Gasteiger partial charge on any atom is 0.243 e. The third-order valence-electron chi connectivity index (χ3n) is 4.80. The molecule has 8 heteroatoms. The number of hydrogen-bond acceptors (Lipinski definition) is 5. The number of sulfonamides is 1. The van der Waals surface area contributed by atoms with Gasteiger partial charge in [-0.15, -0.1) is 0 Å². The second-order valence-corrected chi connectivity index (χ2v) is 10.1. The predicted octanol–water partition coefficient (Wildman–Crippen LogP) is 3.29. The third kappa shape index (κ3) is 6.75. The first kappa shape index (κ1) is 22.7. The third-order valence-corrected chi connectivity index (χ3v) is 7.75. The predicted molar refractivity (Wildman–Crippen MR) is 120 cm³/mol. The molecule has 30 heavy (non-hydrogen) atoms. The van der Waals surface area contributed by atoms with Crippen molar-refractivity contribution in [3.63, 3.8) is 0 Å². The van der Waals surface area contributed by atoms with E-state index in [1.807, 2.05) is 18.2 Å². The van der Waals surface area contributed by atoms with Crippen LogP contribution in [0.4, 0.5) is 0 Å². The summed E-state index contributed by atoms with van der Waals surface area (Å²) in [5.41, 5.74) is 1.26. The average molecular weight is 449 g/mol. The summed E-state index contributed by atoms with van der Waals surface area (Å²) in [6.45, 7) is 1.92. The summed E-state index contributed by atoms with van der Waals surface area (Å²) in [6.07, 6.45) is 2.30. The fraction of sp³-hybridized carbons (Fsp3) is 0.409. The zero-order chi connectivity index (χ0) is 21.2. The van der Waals surface area contributed by atoms with Crippen molar-refractivity contribution in [3.05, 3.63) is 60.2 Å². The van der Waals surface area contributed by atoms with Crippen LogP contribution in [0, 0.1) is 0 Å². The smallest absolute Gasteiger partial charge is 0.243 e. The molecule has 1 N–H and O–H groups in total. The maximum absolute atomic E-state index is 12.5. The van der Waals surface area contributed by atoms with Crippen LogP contribution in [0.25, 0.3) is 0 Å². The van der Waals surface area contributed by atoms with E-state index in [-0.39, 0.29) is 10.8 Å². The van der Waals surface area contributed by atoms with Crippen LogP contribution < -0.4 is 10.1 Å². The Hall–Kier alpha value is -2.03. The van der Waals surface area contributed by atoms with Crippen molar-refractivity contribution in [2.24, 2.45) is 0 Å². The SMILES string of the molecule is O=C(CCSCc1ccccc1)NCCOc1ccc(S(=O)(=O)N2CCCC2)cc1. The largest absolute Gasteiger partial charge is 0.492 e. The Labute approximate surface area is 183 Å². The van der Waals surface area contributed by atoms with E-state index >= 15 is 0 Å². The average Bonchev–Trinajstić information content (AvgIpc) is 3.31. The Bertz CT molecular complexity index is 896. The molecule has 1 saturated heterocycles. The number of amides is 1. The van der Waals surface area contributed by atoms with Crippen LogP contribution in [-0.2, 0) is 20.6 Å². The van der Waals surface area contributed by atoms with Crippen molar-refractivity contribution >= 4 is 27.7 Å². The number of thioether (sulfide) groups is 1. The standard InChI is InChI=1S/C22H28N2O4S2/c25-22(12-17-29-18-19-6-2-1-3-7-19)23-13-16-28-20-8-10-21(11-9-20)30(26,27)24-14-4-5-15-24/h1-3,6-11H,4-5,12-18H2,(H,23,25). The first-order valence-electron chi connectivity index (χ1n) is 10.2. The molecule has 0 atom stereocenters. The van der Waals surface area contributed by atoms with Gasteiger partial charge in [-0.05, 0) is 42.7 Å². The highest BCUT2D eigenvalue weighted by Crippen LogP contribution is 2.22. The van der Waals surface area contributed by atoms with Gasteiger partial charge in [0.25, 0.3) is 0 Å². The molecule has 1 amide bonds. The van der Waals surface area contributed by atoms with Gasteiger partial charge in [0.15, 0.2) is 0 Å². The van der Waals surface area contributed by atoms with Crippen LogP contribution >= 0.6 is 11.8 Å². The lowest BCUT2D eigenvalue weighted by Crippen LogP contribution is -2.28. The fourth-order valence-corrected chi connectivity index (χ4v) is 5.58. The van der Waals surface area contributed by atoms with Crippen LogP contribution in [0.1, 0.15) is 24.8 Å². The molecule has 2 aromatic rings. The molecular weight excluding hydrogens is 420 g/mol. The topological polar surface area (TPSA) is 75.7 Å². The van der Waals surface area contributed by atoms with Gasteiger partial charge in [-0.1, -0.05) is 30.3 Å². The second-order valence-electron chi connectivity index (χ2n) is 7.07. The molecule has 162 valence electrons. The molecule has 0 unspecified atom stereocenters. The normalized spacial score (nSPS) is 14.5. The summed E-state index contributed by atoms with van der Waals surface area (Å²) in [7, 11) is -3.40. The summed E-state index contributed by atoms with van der Waals surface area (Å²) in [5.74, 6) is 2.27. The molecule has 0 bridgehead atoms. The Morgan fingerprint density at radius 1 is 1.03 bits per heavy atom. The van der Waals surface area contributed by atoms with E-state index in [1.165, 1.54) is 9.87 Å². The van der Waals surface area contributed by atoms with Gasteiger partial charge in [0.1, 0.15) is 12.4 Å². The molecule has 2 aromatic carbocycles. The molecule has 6 nitrogen and oxygen atoms in total. The van der Waals surface area contributed by atoms with Crippen LogP contribution in [0.2, 0.25) is 0 Å². The van der Waals surface area contributed by atoms with E-state index in [4.69, 9.17) is 4.74 Å². The van der Waals surface area contributed by atoms with Crippen molar-refractivity contribution in [3.8, 4) is 5.75 Å². The Kier molecular flexibility index (Phi) is 8.60. The molecular formula is C22H28N2O4S2. The van der Waals surface area contributed by atoms with Crippen LogP contribution in [0.5, 0.6) is 5.75 Å². The number of nitrogens with one attached hydrogen (secondary N) is 1. The van der Waals surface area contributed by atoms with Crippen molar-refractivity contribution in [2.75, 3.05) is 32.0 Å². The summed E-state index contributed by atoms with van der Waals surface area (Å²) in [5, 5.41) is 2.84. The molecule has 1 aliphatic rings. The lowest BCUT2D eigenvalue weighted by molar-refractivity contribution is -0.120. The molecule has 3 rings (SSSR count). The minimum atomic E-state index is -3.40. The molecule has 0 aliphatic carbocycles. The second kappa shape index (κ2) is 11.4. The highest BCUT2D eigenvalue weighted by molar-refractivity contribution is 7.98. The van der Waals surface area contributed by atoms with Gasteiger partial charge in [-0.3, -0.25) is 4.79 Å². The zero-order valence-electron chi connectivity index (χ0n) is 17.0. The van der Waals surface area contributed by atoms with Crippen LogP contribution in [0.15, 0.2) is 59.5 Å². The van der Waals surface area contributed by atoms with E-state index in [0.29, 0.717) is 38.4 Å². The number of carbonyl (C=O) groups excluding carboxylic acids is 1. The summed E-state index contributed by atoms with van der Waals surface area (Å²) in [6, 6.07) is 16.7. The van der Waals surface area contributed by atoms with Crippen LogP contribution in [0.3, 0.4) is 0 Å².